The van der Waals surface area contributed by atoms with Gasteiger partial charge in [0.2, 0.25) is 5.91 Å². The van der Waals surface area contributed by atoms with Crippen molar-refractivity contribution in [3.05, 3.63) is 42.0 Å². The summed E-state index contributed by atoms with van der Waals surface area (Å²) >= 11 is 0. The Bertz CT molecular complexity index is 564. The van der Waals surface area contributed by atoms with Crippen molar-refractivity contribution < 1.29 is 27.8 Å². The Kier molecular flexibility index (Phi) is 5.43. The van der Waals surface area contributed by atoms with Crippen LogP contribution in [0.4, 0.5) is 13.2 Å². The third-order valence-corrected chi connectivity index (χ3v) is 3.68. The molecule has 1 aliphatic heterocycles. The fourth-order valence-electron chi connectivity index (χ4n) is 2.31. The fourth-order valence-corrected chi connectivity index (χ4v) is 2.31. The van der Waals surface area contributed by atoms with Gasteiger partial charge in [-0.1, -0.05) is 30.3 Å². The molecule has 0 spiro atoms. The van der Waals surface area contributed by atoms with E-state index in [0.29, 0.717) is 32.1 Å². The molecule has 7 heteroatoms. The first-order chi connectivity index (χ1) is 10.8. The lowest BCUT2D eigenvalue weighted by molar-refractivity contribution is -0.119. The van der Waals surface area contributed by atoms with Gasteiger partial charge in [-0.3, -0.25) is 4.79 Å². The number of ether oxygens (including phenoxy) is 1. The van der Waals surface area contributed by atoms with Crippen LogP contribution >= 0.6 is 0 Å². The zero-order chi connectivity index (χ0) is 16.9. The standard InChI is InChI=1S/C16H18F3NO3/c17-16(18,19)13(12-4-2-1-3-5-12)10-14(21)20-11-15(22)6-8-23-9-7-15/h1-5,10,22H,6-9,11H2,(H,20,21). The summed E-state index contributed by atoms with van der Waals surface area (Å²) in [5.41, 5.74) is -2.23. The molecule has 0 aromatic heterocycles. The molecular formula is C16H18F3NO3. The van der Waals surface area contributed by atoms with E-state index in [1.807, 2.05) is 0 Å². The predicted octanol–water partition coefficient (Wildman–Crippen LogP) is 2.29. The maximum atomic E-state index is 13.1. The zero-order valence-electron chi connectivity index (χ0n) is 12.4. The molecule has 0 unspecified atom stereocenters. The van der Waals surface area contributed by atoms with Crippen LogP contribution in [0.15, 0.2) is 36.4 Å². The second kappa shape index (κ2) is 7.14. The van der Waals surface area contributed by atoms with E-state index in [1.165, 1.54) is 24.3 Å². The first-order valence-corrected chi connectivity index (χ1v) is 7.22. The van der Waals surface area contributed by atoms with E-state index in [4.69, 9.17) is 4.74 Å². The summed E-state index contributed by atoms with van der Waals surface area (Å²) in [4.78, 5) is 11.8. The Morgan fingerprint density at radius 2 is 1.87 bits per heavy atom. The number of hydrogen-bond acceptors (Lipinski definition) is 3. The number of rotatable bonds is 4. The molecule has 1 aliphatic rings. The molecule has 1 amide bonds. The number of alkyl halides is 3. The molecule has 126 valence electrons. The molecule has 1 saturated heterocycles. The minimum atomic E-state index is -4.64. The van der Waals surface area contributed by atoms with Gasteiger partial charge in [0.15, 0.2) is 0 Å². The highest BCUT2D eigenvalue weighted by Crippen LogP contribution is 2.33. The summed E-state index contributed by atoms with van der Waals surface area (Å²) in [6.45, 7) is 0.617. The summed E-state index contributed by atoms with van der Waals surface area (Å²) < 4.78 is 44.5. The molecule has 4 nitrogen and oxygen atoms in total. The lowest BCUT2D eigenvalue weighted by Crippen LogP contribution is -2.46. The van der Waals surface area contributed by atoms with E-state index in [2.05, 4.69) is 5.32 Å². The lowest BCUT2D eigenvalue weighted by atomic mass is 9.94. The van der Waals surface area contributed by atoms with Crippen LogP contribution in [-0.2, 0) is 9.53 Å². The van der Waals surface area contributed by atoms with Gasteiger partial charge in [0, 0.05) is 38.7 Å². The smallest absolute Gasteiger partial charge is 0.388 e. The van der Waals surface area contributed by atoms with E-state index in [9.17, 15) is 23.1 Å². The molecule has 23 heavy (non-hydrogen) atoms. The van der Waals surface area contributed by atoms with Crippen LogP contribution in [0.25, 0.3) is 5.57 Å². The van der Waals surface area contributed by atoms with Crippen molar-refractivity contribution in [1.82, 2.24) is 5.32 Å². The van der Waals surface area contributed by atoms with Gasteiger partial charge in [-0.2, -0.15) is 13.2 Å². The number of carbonyl (C=O) groups is 1. The molecule has 2 N–H and O–H groups in total. The van der Waals surface area contributed by atoms with E-state index in [-0.39, 0.29) is 12.1 Å². The van der Waals surface area contributed by atoms with Crippen molar-refractivity contribution >= 4 is 11.5 Å². The molecule has 1 fully saturated rings. The second-order valence-corrected chi connectivity index (χ2v) is 5.48. The molecule has 1 aromatic carbocycles. The average molecular weight is 329 g/mol. The van der Waals surface area contributed by atoms with Crippen molar-refractivity contribution in [2.75, 3.05) is 19.8 Å². The molecule has 0 aliphatic carbocycles. The second-order valence-electron chi connectivity index (χ2n) is 5.48. The van der Waals surface area contributed by atoms with Gasteiger partial charge in [-0.25, -0.2) is 0 Å². The van der Waals surface area contributed by atoms with E-state index in [1.54, 1.807) is 6.07 Å². The highest BCUT2D eigenvalue weighted by Gasteiger charge is 2.35. The highest BCUT2D eigenvalue weighted by molar-refractivity contribution is 5.96. The van der Waals surface area contributed by atoms with Crippen LogP contribution in [0.2, 0.25) is 0 Å². The van der Waals surface area contributed by atoms with Crippen LogP contribution in [-0.4, -0.2) is 42.5 Å². The van der Waals surface area contributed by atoms with Crippen molar-refractivity contribution in [3.63, 3.8) is 0 Å². The first-order valence-electron chi connectivity index (χ1n) is 7.22. The van der Waals surface area contributed by atoms with Crippen molar-refractivity contribution in [1.29, 1.82) is 0 Å². The van der Waals surface area contributed by atoms with Crippen LogP contribution in [0.1, 0.15) is 18.4 Å². The normalized spacial score (nSPS) is 18.5. The number of nitrogens with one attached hydrogen (secondary N) is 1. The summed E-state index contributed by atoms with van der Waals surface area (Å²) in [5, 5.41) is 12.5. The van der Waals surface area contributed by atoms with Gasteiger partial charge in [0.05, 0.1) is 11.2 Å². The quantitative estimate of drug-likeness (QED) is 0.834. The molecule has 1 aromatic rings. The zero-order valence-corrected chi connectivity index (χ0v) is 12.4. The van der Waals surface area contributed by atoms with Gasteiger partial charge in [0.25, 0.3) is 0 Å². The Balaban J connectivity index is 2.08. The third-order valence-electron chi connectivity index (χ3n) is 3.68. The summed E-state index contributed by atoms with van der Waals surface area (Å²) in [6, 6.07) is 7.12. The van der Waals surface area contributed by atoms with E-state index >= 15 is 0 Å². The minimum absolute atomic E-state index is 0.0834. The number of benzene rings is 1. The molecule has 1 heterocycles. The van der Waals surface area contributed by atoms with Gasteiger partial charge in [-0.05, 0) is 5.56 Å². The Morgan fingerprint density at radius 3 is 2.43 bits per heavy atom. The Labute approximate surface area is 132 Å². The number of halogens is 3. The third kappa shape index (κ3) is 5.07. The number of amides is 1. The van der Waals surface area contributed by atoms with E-state index < -0.39 is 23.3 Å². The molecule has 0 atom stereocenters. The fraction of sp³-hybridized carbons (Fsp3) is 0.438. The molecular weight excluding hydrogens is 311 g/mol. The van der Waals surface area contributed by atoms with Gasteiger partial charge >= 0.3 is 6.18 Å². The molecule has 0 bridgehead atoms. The maximum absolute atomic E-state index is 13.1. The summed E-state index contributed by atoms with van der Waals surface area (Å²) in [5.74, 6) is -0.888. The predicted molar refractivity (Wildman–Crippen MR) is 78.5 cm³/mol. The summed E-state index contributed by atoms with van der Waals surface area (Å²) in [7, 11) is 0. The van der Waals surface area contributed by atoms with E-state index in [0.717, 1.165) is 0 Å². The molecule has 0 saturated carbocycles. The maximum Gasteiger partial charge on any atom is 0.417 e. The topological polar surface area (TPSA) is 58.6 Å². The van der Waals surface area contributed by atoms with Crippen LogP contribution < -0.4 is 5.32 Å². The average Bonchev–Trinajstić information content (AvgIpc) is 2.51. The largest absolute Gasteiger partial charge is 0.417 e. The number of carbonyl (C=O) groups excluding carboxylic acids is 1. The SMILES string of the molecule is O=C(C=C(c1ccccc1)C(F)(F)F)NCC1(O)CCOCC1. The first kappa shape index (κ1) is 17.5. The van der Waals surface area contributed by atoms with Crippen LogP contribution in [0, 0.1) is 0 Å². The number of allylic oxidation sites excluding steroid dienone is 1. The number of hydrogen-bond donors (Lipinski definition) is 2. The lowest BCUT2D eigenvalue weighted by Gasteiger charge is -2.31. The Morgan fingerprint density at radius 1 is 1.26 bits per heavy atom. The number of aliphatic hydroxyl groups is 1. The van der Waals surface area contributed by atoms with Crippen LogP contribution in [0.3, 0.4) is 0 Å². The Hall–Kier alpha value is -1.86. The molecule has 2 rings (SSSR count). The van der Waals surface area contributed by atoms with Gasteiger partial charge in [-0.15, -0.1) is 0 Å². The van der Waals surface area contributed by atoms with Gasteiger partial charge < -0.3 is 15.2 Å². The summed E-state index contributed by atoms with van der Waals surface area (Å²) in [6.07, 6.45) is -3.45. The van der Waals surface area contributed by atoms with Crippen LogP contribution in [0.5, 0.6) is 0 Å². The minimum Gasteiger partial charge on any atom is -0.388 e. The van der Waals surface area contributed by atoms with Crippen molar-refractivity contribution in [3.8, 4) is 0 Å². The highest BCUT2D eigenvalue weighted by atomic mass is 19.4. The molecule has 0 radical (unpaired) electrons. The van der Waals surface area contributed by atoms with Crippen molar-refractivity contribution in [2.45, 2.75) is 24.6 Å². The van der Waals surface area contributed by atoms with Crippen molar-refractivity contribution in [2.24, 2.45) is 0 Å². The van der Waals surface area contributed by atoms with Gasteiger partial charge in [0.1, 0.15) is 0 Å². The monoisotopic (exact) mass is 329 g/mol.